The summed E-state index contributed by atoms with van der Waals surface area (Å²) in [4.78, 5) is 20.6. The predicted octanol–water partition coefficient (Wildman–Crippen LogP) is 2.60. The Balaban J connectivity index is 1.63. The van der Waals surface area contributed by atoms with Crippen LogP contribution in [0, 0.1) is 5.92 Å². The fourth-order valence-corrected chi connectivity index (χ4v) is 3.16. The van der Waals surface area contributed by atoms with Crippen LogP contribution in [-0.4, -0.2) is 53.0 Å². The number of carbonyl (C=O) groups excluding carboxylic acids is 1. The lowest BCUT2D eigenvalue weighted by atomic mass is 9.94. The highest BCUT2D eigenvalue weighted by Gasteiger charge is 2.30. The first-order valence-electron chi connectivity index (χ1n) is 8.40. The van der Waals surface area contributed by atoms with Gasteiger partial charge in [0, 0.05) is 25.6 Å². The van der Waals surface area contributed by atoms with Gasteiger partial charge in [-0.15, -0.1) is 0 Å². The van der Waals surface area contributed by atoms with Crippen molar-refractivity contribution in [1.29, 1.82) is 0 Å². The fraction of sp³-hybridized carbons (Fsp3) is 0.500. The average molecular weight is 328 g/mol. The van der Waals surface area contributed by atoms with Crippen molar-refractivity contribution in [3.63, 3.8) is 0 Å². The van der Waals surface area contributed by atoms with Crippen LogP contribution in [0.2, 0.25) is 0 Å². The van der Waals surface area contributed by atoms with E-state index in [2.05, 4.69) is 22.0 Å². The predicted molar refractivity (Wildman–Crippen MR) is 91.1 cm³/mol. The molecule has 1 unspecified atom stereocenters. The van der Waals surface area contributed by atoms with Crippen LogP contribution in [0.1, 0.15) is 31.7 Å². The number of amides is 1. The Morgan fingerprint density at radius 2 is 1.92 bits per heavy atom. The van der Waals surface area contributed by atoms with Gasteiger partial charge in [0.1, 0.15) is 0 Å². The van der Waals surface area contributed by atoms with Crippen molar-refractivity contribution < 1.29 is 9.32 Å². The third-order valence-electron chi connectivity index (χ3n) is 4.70. The number of piperidine rings is 1. The summed E-state index contributed by atoms with van der Waals surface area (Å²) in [6.07, 6.45) is 1.75. The van der Waals surface area contributed by atoms with Gasteiger partial charge in [0.2, 0.25) is 17.6 Å². The van der Waals surface area contributed by atoms with E-state index in [0.717, 1.165) is 31.5 Å². The fourth-order valence-electron chi connectivity index (χ4n) is 3.16. The molecule has 0 N–H and O–H groups in total. The zero-order chi connectivity index (χ0) is 17.1. The Morgan fingerprint density at radius 1 is 1.25 bits per heavy atom. The summed E-state index contributed by atoms with van der Waals surface area (Å²) in [5.41, 5.74) is 0.954. The summed E-state index contributed by atoms with van der Waals surface area (Å²) in [6, 6.07) is 9.88. The van der Waals surface area contributed by atoms with E-state index < -0.39 is 0 Å². The van der Waals surface area contributed by atoms with Crippen molar-refractivity contribution in [2.45, 2.75) is 25.8 Å². The summed E-state index contributed by atoms with van der Waals surface area (Å²) in [5, 5.41) is 4.10. The molecule has 1 fully saturated rings. The number of rotatable bonds is 4. The quantitative estimate of drug-likeness (QED) is 0.863. The van der Waals surface area contributed by atoms with Crippen LogP contribution >= 0.6 is 0 Å². The number of likely N-dealkylation sites (tertiary alicyclic amines) is 1. The molecule has 1 aliphatic rings. The van der Waals surface area contributed by atoms with Crippen LogP contribution in [0.15, 0.2) is 34.9 Å². The number of nitrogens with zero attached hydrogens (tertiary/aromatic N) is 4. The number of hydrogen-bond donors (Lipinski definition) is 0. The minimum atomic E-state index is 0.0605. The minimum Gasteiger partial charge on any atom is -0.349 e. The maximum Gasteiger partial charge on any atom is 0.244 e. The molecular formula is C18H24N4O2. The highest BCUT2D eigenvalue weighted by atomic mass is 16.5. The smallest absolute Gasteiger partial charge is 0.244 e. The monoisotopic (exact) mass is 328 g/mol. The molecule has 1 amide bonds. The molecule has 1 atom stereocenters. The summed E-state index contributed by atoms with van der Waals surface area (Å²) >= 11 is 0. The lowest BCUT2D eigenvalue weighted by molar-refractivity contribution is -0.134. The van der Waals surface area contributed by atoms with Gasteiger partial charge in [-0.1, -0.05) is 35.5 Å². The van der Waals surface area contributed by atoms with E-state index in [4.69, 9.17) is 4.52 Å². The maximum absolute atomic E-state index is 12.1. The highest BCUT2D eigenvalue weighted by Crippen LogP contribution is 2.27. The van der Waals surface area contributed by atoms with E-state index in [1.54, 1.807) is 4.90 Å². The van der Waals surface area contributed by atoms with Gasteiger partial charge in [-0.05, 0) is 32.9 Å². The van der Waals surface area contributed by atoms with Gasteiger partial charge in [0.15, 0.2) is 0 Å². The molecule has 0 aliphatic carbocycles. The van der Waals surface area contributed by atoms with E-state index in [9.17, 15) is 4.79 Å². The van der Waals surface area contributed by atoms with Crippen molar-refractivity contribution in [3.05, 3.63) is 36.2 Å². The van der Waals surface area contributed by atoms with E-state index in [0.29, 0.717) is 11.7 Å². The second-order valence-corrected chi connectivity index (χ2v) is 6.54. The van der Waals surface area contributed by atoms with Gasteiger partial charge in [-0.3, -0.25) is 9.69 Å². The van der Waals surface area contributed by atoms with Gasteiger partial charge >= 0.3 is 0 Å². The second-order valence-electron chi connectivity index (χ2n) is 6.54. The third-order valence-corrected chi connectivity index (χ3v) is 4.70. The van der Waals surface area contributed by atoms with E-state index in [1.165, 1.54) is 0 Å². The van der Waals surface area contributed by atoms with Crippen LogP contribution in [0.25, 0.3) is 11.4 Å². The Morgan fingerprint density at radius 3 is 2.54 bits per heavy atom. The molecular weight excluding hydrogens is 304 g/mol. The third kappa shape index (κ3) is 3.48. The molecule has 0 radical (unpaired) electrons. The molecule has 3 rings (SSSR count). The highest BCUT2D eigenvalue weighted by molar-refractivity contribution is 5.78. The molecule has 6 nitrogen and oxygen atoms in total. The minimum absolute atomic E-state index is 0.0605. The summed E-state index contributed by atoms with van der Waals surface area (Å²) in [6.45, 7) is 3.82. The first-order valence-corrected chi connectivity index (χ1v) is 8.40. The van der Waals surface area contributed by atoms with Crippen molar-refractivity contribution in [3.8, 4) is 11.4 Å². The van der Waals surface area contributed by atoms with Gasteiger partial charge < -0.3 is 9.42 Å². The van der Waals surface area contributed by atoms with Crippen LogP contribution in [0.4, 0.5) is 0 Å². The van der Waals surface area contributed by atoms with Crippen LogP contribution in [0.5, 0.6) is 0 Å². The summed E-state index contributed by atoms with van der Waals surface area (Å²) in [7, 11) is 3.64. The molecule has 1 aliphatic heterocycles. The van der Waals surface area contributed by atoms with Gasteiger partial charge in [0.05, 0.1) is 6.04 Å². The molecule has 0 bridgehead atoms. The number of benzene rings is 1. The Hall–Kier alpha value is -2.21. The lowest BCUT2D eigenvalue weighted by Crippen LogP contribution is -2.41. The molecule has 2 aromatic rings. The molecule has 1 aromatic heterocycles. The van der Waals surface area contributed by atoms with Gasteiger partial charge in [-0.2, -0.15) is 4.98 Å². The van der Waals surface area contributed by atoms with Crippen LogP contribution in [-0.2, 0) is 4.79 Å². The molecule has 2 heterocycles. The Bertz CT molecular complexity index is 675. The molecule has 1 saturated heterocycles. The summed E-state index contributed by atoms with van der Waals surface area (Å²) < 4.78 is 5.47. The number of aromatic nitrogens is 2. The zero-order valence-electron chi connectivity index (χ0n) is 14.5. The first-order chi connectivity index (χ1) is 11.6. The van der Waals surface area contributed by atoms with Crippen LogP contribution in [0.3, 0.4) is 0 Å². The second kappa shape index (κ2) is 7.13. The van der Waals surface area contributed by atoms with Crippen LogP contribution < -0.4 is 0 Å². The summed E-state index contributed by atoms with van der Waals surface area (Å²) in [5.74, 6) is 1.61. The lowest BCUT2D eigenvalue weighted by Gasteiger charge is -2.34. The SMILES string of the molecule is CC(c1nc(-c2ccccc2)no1)N1CCC(C(=O)N(C)C)CC1. The Kier molecular flexibility index (Phi) is 4.94. The van der Waals surface area contributed by atoms with Gasteiger partial charge in [-0.25, -0.2) is 0 Å². The topological polar surface area (TPSA) is 62.5 Å². The first kappa shape index (κ1) is 16.6. The number of hydrogen-bond acceptors (Lipinski definition) is 5. The van der Waals surface area contributed by atoms with E-state index >= 15 is 0 Å². The molecule has 1 aromatic carbocycles. The Labute approximate surface area is 142 Å². The maximum atomic E-state index is 12.1. The average Bonchev–Trinajstić information content (AvgIpc) is 3.11. The molecule has 24 heavy (non-hydrogen) atoms. The van der Waals surface area contributed by atoms with Crippen molar-refractivity contribution in [1.82, 2.24) is 19.9 Å². The van der Waals surface area contributed by atoms with Crippen molar-refractivity contribution in [2.75, 3.05) is 27.2 Å². The van der Waals surface area contributed by atoms with Crippen molar-refractivity contribution >= 4 is 5.91 Å². The largest absolute Gasteiger partial charge is 0.349 e. The molecule has 0 spiro atoms. The molecule has 128 valence electrons. The number of carbonyl (C=O) groups is 1. The molecule has 0 saturated carbocycles. The zero-order valence-corrected chi connectivity index (χ0v) is 14.5. The van der Waals surface area contributed by atoms with E-state index in [-0.39, 0.29) is 17.9 Å². The van der Waals surface area contributed by atoms with Gasteiger partial charge in [0.25, 0.3) is 0 Å². The van der Waals surface area contributed by atoms with Crippen molar-refractivity contribution in [2.24, 2.45) is 5.92 Å². The normalized spacial score (nSPS) is 17.6. The van der Waals surface area contributed by atoms with E-state index in [1.807, 2.05) is 44.4 Å². The standard InChI is InChI=1S/C18H24N4O2/c1-13(22-11-9-15(10-12-22)18(23)21(2)3)17-19-16(20-24-17)14-7-5-4-6-8-14/h4-8,13,15H,9-12H2,1-3H3. The molecule has 6 heteroatoms.